The molecular formula is C25H35N3O4S. The van der Waals surface area contributed by atoms with Crippen molar-refractivity contribution in [2.75, 3.05) is 17.1 Å². The average molecular weight is 474 g/mol. The standard InChI is InChI=1S/C25H35N3O4S/c1-19(2)26-25(30)21(4)27(18-22-13-7-6-8-14-22)24(29)16-11-17-28(33(5,31)32)23-15-10-9-12-20(23)3/h6-10,12-15,19,21H,11,16-18H2,1-5H3,(H,26,30). The Morgan fingerprint density at radius 2 is 1.58 bits per heavy atom. The van der Waals surface area contributed by atoms with Gasteiger partial charge in [0.05, 0.1) is 11.9 Å². The Balaban J connectivity index is 2.15. The van der Waals surface area contributed by atoms with Crippen molar-refractivity contribution in [3.63, 3.8) is 0 Å². The van der Waals surface area contributed by atoms with E-state index < -0.39 is 16.1 Å². The second-order valence-corrected chi connectivity index (χ2v) is 10.5. The number of amides is 2. The molecule has 2 aromatic carbocycles. The summed E-state index contributed by atoms with van der Waals surface area (Å²) in [4.78, 5) is 27.4. The predicted octanol–water partition coefficient (Wildman–Crippen LogP) is 3.48. The van der Waals surface area contributed by atoms with Gasteiger partial charge in [-0.2, -0.15) is 0 Å². The molecule has 0 saturated heterocycles. The molecule has 2 rings (SSSR count). The lowest BCUT2D eigenvalue weighted by Crippen LogP contribution is -2.49. The summed E-state index contributed by atoms with van der Waals surface area (Å²) in [5.41, 5.74) is 2.38. The van der Waals surface area contributed by atoms with Crippen LogP contribution >= 0.6 is 0 Å². The third-order valence-electron chi connectivity index (χ3n) is 5.33. The Bertz CT molecular complexity index is 1040. The van der Waals surface area contributed by atoms with E-state index in [1.54, 1.807) is 24.0 Å². The molecule has 1 N–H and O–H groups in total. The maximum atomic E-state index is 13.2. The van der Waals surface area contributed by atoms with Crippen LogP contribution in [0.4, 0.5) is 5.69 Å². The quantitative estimate of drug-likeness (QED) is 0.541. The SMILES string of the molecule is Cc1ccccc1N(CCCC(=O)N(Cc1ccccc1)C(C)C(=O)NC(C)C)S(C)(=O)=O. The van der Waals surface area contributed by atoms with E-state index in [0.717, 1.165) is 11.1 Å². The number of benzene rings is 2. The second kappa shape index (κ2) is 11.8. The van der Waals surface area contributed by atoms with Gasteiger partial charge in [-0.25, -0.2) is 8.42 Å². The molecule has 0 bridgehead atoms. The van der Waals surface area contributed by atoms with E-state index in [2.05, 4.69) is 5.32 Å². The number of carbonyl (C=O) groups is 2. The third kappa shape index (κ3) is 7.89. The molecular weight excluding hydrogens is 438 g/mol. The topological polar surface area (TPSA) is 86.8 Å². The minimum Gasteiger partial charge on any atom is -0.352 e. The number of sulfonamides is 1. The van der Waals surface area contributed by atoms with Crippen LogP contribution in [0.5, 0.6) is 0 Å². The summed E-state index contributed by atoms with van der Waals surface area (Å²) in [6, 6.07) is 16.1. The highest BCUT2D eigenvalue weighted by molar-refractivity contribution is 7.92. The van der Waals surface area contributed by atoms with Gasteiger partial charge in [0.25, 0.3) is 0 Å². The van der Waals surface area contributed by atoms with Crippen molar-refractivity contribution in [3.8, 4) is 0 Å². The minimum atomic E-state index is -3.51. The first-order chi connectivity index (χ1) is 15.5. The number of hydrogen-bond acceptors (Lipinski definition) is 4. The highest BCUT2D eigenvalue weighted by Gasteiger charge is 2.27. The summed E-state index contributed by atoms with van der Waals surface area (Å²) in [7, 11) is -3.51. The van der Waals surface area contributed by atoms with Crippen LogP contribution in [0.2, 0.25) is 0 Å². The molecule has 180 valence electrons. The Labute approximate surface area is 197 Å². The lowest BCUT2D eigenvalue weighted by molar-refractivity contribution is -0.140. The molecule has 7 nitrogen and oxygen atoms in total. The molecule has 2 aromatic rings. The van der Waals surface area contributed by atoms with E-state index in [0.29, 0.717) is 18.7 Å². The summed E-state index contributed by atoms with van der Waals surface area (Å²) in [6.45, 7) is 7.81. The zero-order valence-electron chi connectivity index (χ0n) is 20.1. The van der Waals surface area contributed by atoms with Crippen LogP contribution in [0.3, 0.4) is 0 Å². The van der Waals surface area contributed by atoms with Gasteiger partial charge in [0.2, 0.25) is 21.8 Å². The van der Waals surface area contributed by atoms with E-state index in [4.69, 9.17) is 0 Å². The normalized spacial score (nSPS) is 12.3. The summed E-state index contributed by atoms with van der Waals surface area (Å²) in [6.07, 6.45) is 1.63. The van der Waals surface area contributed by atoms with Crippen molar-refractivity contribution in [1.29, 1.82) is 0 Å². The zero-order chi connectivity index (χ0) is 24.6. The van der Waals surface area contributed by atoms with Gasteiger partial charge in [-0.3, -0.25) is 13.9 Å². The molecule has 0 aliphatic heterocycles. The fraction of sp³-hybridized carbons (Fsp3) is 0.440. The van der Waals surface area contributed by atoms with Gasteiger partial charge >= 0.3 is 0 Å². The number of anilines is 1. The van der Waals surface area contributed by atoms with Crippen molar-refractivity contribution in [3.05, 3.63) is 65.7 Å². The fourth-order valence-electron chi connectivity index (χ4n) is 3.59. The number of para-hydroxylation sites is 1. The molecule has 2 amide bonds. The van der Waals surface area contributed by atoms with Gasteiger partial charge in [-0.1, -0.05) is 48.5 Å². The molecule has 0 saturated carbocycles. The number of nitrogens with one attached hydrogen (secondary N) is 1. The Hall–Kier alpha value is -2.87. The molecule has 1 unspecified atom stereocenters. The molecule has 0 fully saturated rings. The molecule has 0 aliphatic rings. The first-order valence-electron chi connectivity index (χ1n) is 11.2. The summed E-state index contributed by atoms with van der Waals surface area (Å²) < 4.78 is 26.2. The van der Waals surface area contributed by atoms with Crippen LogP contribution < -0.4 is 9.62 Å². The van der Waals surface area contributed by atoms with E-state index >= 15 is 0 Å². The van der Waals surface area contributed by atoms with Crippen LogP contribution in [0, 0.1) is 6.92 Å². The molecule has 0 spiro atoms. The van der Waals surface area contributed by atoms with E-state index in [1.165, 1.54) is 10.6 Å². The van der Waals surface area contributed by atoms with Crippen molar-refractivity contribution in [1.82, 2.24) is 10.2 Å². The molecule has 33 heavy (non-hydrogen) atoms. The largest absolute Gasteiger partial charge is 0.352 e. The van der Waals surface area contributed by atoms with Crippen LogP contribution in [-0.2, 0) is 26.2 Å². The number of nitrogens with zero attached hydrogens (tertiary/aromatic N) is 2. The highest BCUT2D eigenvalue weighted by atomic mass is 32.2. The summed E-state index contributed by atoms with van der Waals surface area (Å²) >= 11 is 0. The highest BCUT2D eigenvalue weighted by Crippen LogP contribution is 2.23. The molecule has 0 heterocycles. The van der Waals surface area contributed by atoms with Crippen molar-refractivity contribution in [2.45, 2.75) is 59.2 Å². The van der Waals surface area contributed by atoms with Crippen molar-refractivity contribution < 1.29 is 18.0 Å². The van der Waals surface area contributed by atoms with Gasteiger partial charge in [-0.05, 0) is 51.3 Å². The molecule has 0 aromatic heterocycles. The molecule has 1 atom stereocenters. The van der Waals surface area contributed by atoms with Gasteiger partial charge in [0.15, 0.2) is 0 Å². The van der Waals surface area contributed by atoms with Crippen LogP contribution in [-0.4, -0.2) is 50.0 Å². The van der Waals surface area contributed by atoms with Crippen LogP contribution in [0.25, 0.3) is 0 Å². The number of rotatable bonds is 11. The fourth-order valence-corrected chi connectivity index (χ4v) is 4.62. The van der Waals surface area contributed by atoms with Crippen molar-refractivity contribution in [2.24, 2.45) is 0 Å². The number of carbonyl (C=O) groups excluding carboxylic acids is 2. The lowest BCUT2D eigenvalue weighted by atomic mass is 10.1. The van der Waals surface area contributed by atoms with E-state index in [1.807, 2.05) is 63.2 Å². The molecule has 0 aliphatic carbocycles. The Morgan fingerprint density at radius 3 is 2.15 bits per heavy atom. The minimum absolute atomic E-state index is 0.0361. The first kappa shape index (κ1) is 26.4. The molecule has 8 heteroatoms. The van der Waals surface area contributed by atoms with Gasteiger partial charge in [0, 0.05) is 25.6 Å². The smallest absolute Gasteiger partial charge is 0.242 e. The second-order valence-electron chi connectivity index (χ2n) is 8.57. The first-order valence-corrected chi connectivity index (χ1v) is 13.0. The Kier molecular flexibility index (Phi) is 9.46. The lowest BCUT2D eigenvalue weighted by Gasteiger charge is -2.30. The van der Waals surface area contributed by atoms with Crippen LogP contribution in [0.1, 0.15) is 44.7 Å². The average Bonchev–Trinajstić information content (AvgIpc) is 2.74. The van der Waals surface area contributed by atoms with Crippen LogP contribution in [0.15, 0.2) is 54.6 Å². The van der Waals surface area contributed by atoms with Crippen molar-refractivity contribution >= 4 is 27.5 Å². The predicted molar refractivity (Wildman–Crippen MR) is 132 cm³/mol. The number of aryl methyl sites for hydroxylation is 1. The summed E-state index contributed by atoms with van der Waals surface area (Å²) in [5, 5.41) is 2.87. The maximum Gasteiger partial charge on any atom is 0.242 e. The molecule has 0 radical (unpaired) electrons. The van der Waals surface area contributed by atoms with E-state index in [9.17, 15) is 18.0 Å². The maximum absolute atomic E-state index is 13.2. The summed E-state index contributed by atoms with van der Waals surface area (Å²) in [5.74, 6) is -0.407. The number of hydrogen-bond donors (Lipinski definition) is 1. The zero-order valence-corrected chi connectivity index (χ0v) is 20.9. The monoisotopic (exact) mass is 473 g/mol. The van der Waals surface area contributed by atoms with E-state index in [-0.39, 0.29) is 30.8 Å². The van der Waals surface area contributed by atoms with Gasteiger partial charge < -0.3 is 10.2 Å². The van der Waals surface area contributed by atoms with Gasteiger partial charge in [-0.15, -0.1) is 0 Å². The van der Waals surface area contributed by atoms with Gasteiger partial charge in [0.1, 0.15) is 6.04 Å². The third-order valence-corrected chi connectivity index (χ3v) is 6.51. The Morgan fingerprint density at radius 1 is 0.970 bits per heavy atom.